The van der Waals surface area contributed by atoms with Crippen LogP contribution in [-0.4, -0.2) is 30.2 Å². The van der Waals surface area contributed by atoms with E-state index in [9.17, 15) is 18.0 Å². The van der Waals surface area contributed by atoms with E-state index in [1.165, 1.54) is 4.90 Å². The summed E-state index contributed by atoms with van der Waals surface area (Å²) in [5, 5.41) is 3.72. The third-order valence-electron chi connectivity index (χ3n) is 3.27. The van der Waals surface area contributed by atoms with Gasteiger partial charge in [0.05, 0.1) is 19.3 Å². The first kappa shape index (κ1) is 17.0. The third kappa shape index (κ3) is 3.70. The molecule has 0 saturated heterocycles. The van der Waals surface area contributed by atoms with Gasteiger partial charge in [0.25, 0.3) is 0 Å². The summed E-state index contributed by atoms with van der Waals surface area (Å²) in [6.45, 7) is 1.87. The molecule has 0 saturated carbocycles. The van der Waals surface area contributed by atoms with Gasteiger partial charge in [-0.2, -0.15) is 0 Å². The van der Waals surface area contributed by atoms with Gasteiger partial charge in [-0.1, -0.05) is 5.16 Å². The molecule has 0 aliphatic heterocycles. The Balaban J connectivity index is 2.35. The van der Waals surface area contributed by atoms with Crippen LogP contribution >= 0.6 is 0 Å². The minimum absolute atomic E-state index is 0.0630. The SMILES string of the molecule is COC(=O)[C@@H](c1cc(F)c(F)c(F)c1)N(C)Cc1cc(C)no1. The quantitative estimate of drug-likeness (QED) is 0.624. The Labute approximate surface area is 130 Å². The molecule has 0 aliphatic carbocycles. The first-order valence-electron chi connectivity index (χ1n) is 6.68. The van der Waals surface area contributed by atoms with Gasteiger partial charge in [-0.3, -0.25) is 4.90 Å². The molecule has 23 heavy (non-hydrogen) atoms. The van der Waals surface area contributed by atoms with Crippen LogP contribution in [0.5, 0.6) is 0 Å². The van der Waals surface area contributed by atoms with Gasteiger partial charge in [0.2, 0.25) is 0 Å². The first-order chi connectivity index (χ1) is 10.8. The molecule has 1 atom stereocenters. The number of esters is 1. The number of likely N-dealkylation sites (N-methyl/N-ethyl adjacent to an activating group) is 1. The second kappa shape index (κ2) is 6.82. The van der Waals surface area contributed by atoms with Crippen LogP contribution in [-0.2, 0) is 16.1 Å². The van der Waals surface area contributed by atoms with E-state index in [4.69, 9.17) is 4.52 Å². The van der Waals surface area contributed by atoms with Gasteiger partial charge in [-0.15, -0.1) is 0 Å². The molecule has 0 radical (unpaired) electrons. The highest BCUT2D eigenvalue weighted by Gasteiger charge is 2.29. The zero-order valence-corrected chi connectivity index (χ0v) is 12.8. The number of rotatable bonds is 5. The standard InChI is InChI=1S/C15H15F3N2O3/c1-8-4-10(23-19-8)7-20(2)14(15(21)22-3)9-5-11(16)13(18)12(17)6-9/h4-6,14H,7H2,1-3H3/t14-/m1/s1. The predicted octanol–water partition coefficient (Wildman–Crippen LogP) is 2.75. The molecule has 0 unspecified atom stereocenters. The largest absolute Gasteiger partial charge is 0.468 e. The summed E-state index contributed by atoms with van der Waals surface area (Å²) < 4.78 is 49.7. The Hall–Kier alpha value is -2.35. The summed E-state index contributed by atoms with van der Waals surface area (Å²) in [6.07, 6.45) is 0. The lowest BCUT2D eigenvalue weighted by atomic mass is 10.0. The molecule has 1 aromatic carbocycles. The van der Waals surface area contributed by atoms with Crippen LogP contribution < -0.4 is 0 Å². The van der Waals surface area contributed by atoms with E-state index in [1.54, 1.807) is 20.0 Å². The molecule has 8 heteroatoms. The van der Waals surface area contributed by atoms with Crippen LogP contribution in [0.15, 0.2) is 22.7 Å². The van der Waals surface area contributed by atoms with Crippen molar-refractivity contribution in [2.24, 2.45) is 0 Å². The van der Waals surface area contributed by atoms with E-state index >= 15 is 0 Å². The molecule has 2 rings (SSSR count). The van der Waals surface area contributed by atoms with Crippen LogP contribution in [0.3, 0.4) is 0 Å². The van der Waals surface area contributed by atoms with Crippen molar-refractivity contribution >= 4 is 5.97 Å². The minimum Gasteiger partial charge on any atom is -0.468 e. The molecule has 0 amide bonds. The van der Waals surface area contributed by atoms with Crippen LogP contribution in [0.4, 0.5) is 13.2 Å². The van der Waals surface area contributed by atoms with Crippen LogP contribution in [0, 0.1) is 24.4 Å². The van der Waals surface area contributed by atoms with Crippen molar-refractivity contribution < 1.29 is 27.2 Å². The summed E-state index contributed by atoms with van der Waals surface area (Å²) in [6, 6.07) is 2.07. The number of aromatic nitrogens is 1. The number of halogens is 3. The molecular weight excluding hydrogens is 313 g/mol. The number of aryl methyl sites for hydroxylation is 1. The van der Waals surface area contributed by atoms with Crippen molar-refractivity contribution in [3.8, 4) is 0 Å². The molecule has 1 aromatic heterocycles. The van der Waals surface area contributed by atoms with Crippen LogP contribution in [0.2, 0.25) is 0 Å². The van der Waals surface area contributed by atoms with Crippen molar-refractivity contribution in [3.63, 3.8) is 0 Å². The van der Waals surface area contributed by atoms with Crippen molar-refractivity contribution in [2.45, 2.75) is 19.5 Å². The monoisotopic (exact) mass is 328 g/mol. The highest BCUT2D eigenvalue weighted by atomic mass is 19.2. The number of hydrogen-bond acceptors (Lipinski definition) is 5. The molecule has 0 spiro atoms. The van der Waals surface area contributed by atoms with E-state index in [1.807, 2.05) is 0 Å². The van der Waals surface area contributed by atoms with Gasteiger partial charge in [0.1, 0.15) is 6.04 Å². The van der Waals surface area contributed by atoms with Gasteiger partial charge in [0.15, 0.2) is 23.2 Å². The topological polar surface area (TPSA) is 55.6 Å². The van der Waals surface area contributed by atoms with Gasteiger partial charge in [-0.05, 0) is 31.7 Å². The fourth-order valence-corrected chi connectivity index (χ4v) is 2.24. The normalized spacial score (nSPS) is 12.5. The van der Waals surface area contributed by atoms with Gasteiger partial charge in [0, 0.05) is 6.07 Å². The number of methoxy groups -OCH3 is 1. The van der Waals surface area contributed by atoms with Crippen molar-refractivity contribution in [1.82, 2.24) is 10.1 Å². The summed E-state index contributed by atoms with van der Waals surface area (Å²) in [5.74, 6) is -4.63. The van der Waals surface area contributed by atoms with E-state index < -0.39 is 29.5 Å². The highest BCUT2D eigenvalue weighted by molar-refractivity contribution is 5.77. The number of ether oxygens (including phenoxy) is 1. The summed E-state index contributed by atoms with van der Waals surface area (Å²) >= 11 is 0. The lowest BCUT2D eigenvalue weighted by Gasteiger charge is -2.25. The molecular formula is C15H15F3N2O3. The maximum Gasteiger partial charge on any atom is 0.327 e. The smallest absolute Gasteiger partial charge is 0.327 e. The zero-order valence-electron chi connectivity index (χ0n) is 12.8. The minimum atomic E-state index is -1.59. The van der Waals surface area contributed by atoms with Gasteiger partial charge in [-0.25, -0.2) is 18.0 Å². The fourth-order valence-electron chi connectivity index (χ4n) is 2.24. The lowest BCUT2D eigenvalue weighted by molar-refractivity contribution is -0.147. The number of hydrogen-bond donors (Lipinski definition) is 0. The molecule has 0 fully saturated rings. The maximum absolute atomic E-state index is 13.4. The Morgan fingerprint density at radius 2 is 1.91 bits per heavy atom. The molecule has 0 bridgehead atoms. The molecule has 1 heterocycles. The van der Waals surface area contributed by atoms with Gasteiger partial charge < -0.3 is 9.26 Å². The molecule has 0 N–H and O–H groups in total. The predicted molar refractivity (Wildman–Crippen MR) is 73.8 cm³/mol. The number of benzene rings is 1. The van der Waals surface area contributed by atoms with Crippen molar-refractivity contribution in [3.05, 3.63) is 52.7 Å². The summed E-state index contributed by atoms with van der Waals surface area (Å²) in [4.78, 5) is 13.5. The summed E-state index contributed by atoms with van der Waals surface area (Å²) in [7, 11) is 2.69. The van der Waals surface area contributed by atoms with Crippen molar-refractivity contribution in [1.29, 1.82) is 0 Å². The van der Waals surface area contributed by atoms with E-state index in [-0.39, 0.29) is 12.1 Å². The van der Waals surface area contributed by atoms with E-state index in [0.717, 1.165) is 19.2 Å². The molecule has 2 aromatic rings. The molecule has 5 nitrogen and oxygen atoms in total. The Bertz CT molecular complexity index is 695. The first-order valence-corrected chi connectivity index (χ1v) is 6.68. The number of carbonyl (C=O) groups is 1. The lowest BCUT2D eigenvalue weighted by Crippen LogP contribution is -2.31. The fraction of sp³-hybridized carbons (Fsp3) is 0.333. The Morgan fingerprint density at radius 3 is 2.39 bits per heavy atom. The Morgan fingerprint density at radius 1 is 1.30 bits per heavy atom. The van der Waals surface area contributed by atoms with Crippen LogP contribution in [0.25, 0.3) is 0 Å². The van der Waals surface area contributed by atoms with E-state index in [2.05, 4.69) is 9.89 Å². The van der Waals surface area contributed by atoms with Crippen LogP contribution in [0.1, 0.15) is 23.1 Å². The number of carbonyl (C=O) groups excluding carboxylic acids is 1. The van der Waals surface area contributed by atoms with Crippen molar-refractivity contribution in [2.75, 3.05) is 14.2 Å². The third-order valence-corrected chi connectivity index (χ3v) is 3.27. The highest BCUT2D eigenvalue weighted by Crippen LogP contribution is 2.26. The second-order valence-electron chi connectivity index (χ2n) is 5.07. The Kier molecular flexibility index (Phi) is 5.05. The summed E-state index contributed by atoms with van der Waals surface area (Å²) in [5.41, 5.74) is 0.592. The molecule has 0 aliphatic rings. The number of nitrogens with zero attached hydrogens (tertiary/aromatic N) is 2. The molecule has 124 valence electrons. The van der Waals surface area contributed by atoms with Gasteiger partial charge >= 0.3 is 5.97 Å². The zero-order chi connectivity index (χ0) is 17.1. The average Bonchev–Trinajstić information content (AvgIpc) is 2.89. The van der Waals surface area contributed by atoms with E-state index in [0.29, 0.717) is 11.5 Å². The average molecular weight is 328 g/mol. The maximum atomic E-state index is 13.4. The second-order valence-corrected chi connectivity index (χ2v) is 5.07.